The number of amides is 1. The third-order valence-corrected chi connectivity index (χ3v) is 1.84. The van der Waals surface area contributed by atoms with Gasteiger partial charge in [-0.3, -0.25) is 4.79 Å². The number of ether oxygens (including phenoxy) is 1. The highest BCUT2D eigenvalue weighted by Gasteiger charge is 2.07. The number of phenols is 1. The maximum atomic E-state index is 11.3. The van der Waals surface area contributed by atoms with E-state index < -0.39 is 0 Å². The Bertz CT molecular complexity index is 399. The van der Waals surface area contributed by atoms with Gasteiger partial charge in [0.15, 0.2) is 0 Å². The Labute approximate surface area is 88.2 Å². The van der Waals surface area contributed by atoms with Gasteiger partial charge in [0.25, 0.3) is 5.91 Å². The number of benzene rings is 1. The number of nitrogens with one attached hydrogen (secondary N) is 1. The quantitative estimate of drug-likeness (QED) is 0.588. The van der Waals surface area contributed by atoms with E-state index in [1.54, 1.807) is 13.0 Å². The maximum absolute atomic E-state index is 11.3. The van der Waals surface area contributed by atoms with Crippen molar-refractivity contribution in [2.75, 3.05) is 12.4 Å². The number of hydrogen-bond donors (Lipinski definition) is 2. The number of hydrogen-bond acceptors (Lipinski definition) is 3. The fraction of sp³-hybridized carbons (Fsp3) is 0.182. The highest BCUT2D eigenvalue weighted by molar-refractivity contribution is 6.03. The van der Waals surface area contributed by atoms with Crippen molar-refractivity contribution in [3.05, 3.63) is 30.4 Å². The van der Waals surface area contributed by atoms with Gasteiger partial charge in [0.2, 0.25) is 0 Å². The van der Waals surface area contributed by atoms with E-state index in [2.05, 4.69) is 11.9 Å². The zero-order valence-electron chi connectivity index (χ0n) is 8.70. The molecule has 1 aromatic rings. The van der Waals surface area contributed by atoms with Crippen LogP contribution in [0.3, 0.4) is 0 Å². The standard InChI is InChI=1S/C11H13NO3/c1-7(2)11(14)12-9-6-8(15-3)4-5-10(9)13/h4-6,13H,1H2,2-3H3,(H,12,14). The molecular weight excluding hydrogens is 194 g/mol. The summed E-state index contributed by atoms with van der Waals surface area (Å²) in [5.41, 5.74) is 0.680. The third kappa shape index (κ3) is 2.74. The number of aromatic hydroxyl groups is 1. The molecule has 0 aliphatic carbocycles. The molecule has 4 nitrogen and oxygen atoms in total. The molecule has 0 aromatic heterocycles. The Hall–Kier alpha value is -1.97. The lowest BCUT2D eigenvalue weighted by molar-refractivity contribution is -0.112. The third-order valence-electron chi connectivity index (χ3n) is 1.84. The summed E-state index contributed by atoms with van der Waals surface area (Å²) in [7, 11) is 1.51. The first kappa shape index (κ1) is 11.1. The van der Waals surface area contributed by atoms with Gasteiger partial charge < -0.3 is 15.2 Å². The van der Waals surface area contributed by atoms with Crippen LogP contribution in [0.15, 0.2) is 30.4 Å². The van der Waals surface area contributed by atoms with E-state index in [4.69, 9.17) is 4.74 Å². The summed E-state index contributed by atoms with van der Waals surface area (Å²) in [5.74, 6) is 0.216. The van der Waals surface area contributed by atoms with Gasteiger partial charge in [-0.25, -0.2) is 0 Å². The van der Waals surface area contributed by atoms with Crippen LogP contribution in [0.4, 0.5) is 5.69 Å². The van der Waals surface area contributed by atoms with Crippen LogP contribution in [0.1, 0.15) is 6.92 Å². The molecule has 0 heterocycles. The van der Waals surface area contributed by atoms with Gasteiger partial charge in [-0.15, -0.1) is 0 Å². The summed E-state index contributed by atoms with van der Waals surface area (Å²) in [5, 5.41) is 12.0. The van der Waals surface area contributed by atoms with E-state index in [-0.39, 0.29) is 11.7 Å². The summed E-state index contributed by atoms with van der Waals surface area (Å²) >= 11 is 0. The van der Waals surface area contributed by atoms with Gasteiger partial charge in [-0.2, -0.15) is 0 Å². The van der Waals surface area contributed by atoms with Crippen molar-refractivity contribution in [2.45, 2.75) is 6.92 Å². The lowest BCUT2D eigenvalue weighted by Gasteiger charge is -2.08. The number of anilines is 1. The van der Waals surface area contributed by atoms with Gasteiger partial charge in [-0.05, 0) is 19.1 Å². The molecule has 0 atom stereocenters. The zero-order chi connectivity index (χ0) is 11.4. The van der Waals surface area contributed by atoms with Crippen molar-refractivity contribution in [2.24, 2.45) is 0 Å². The molecule has 80 valence electrons. The molecule has 0 spiro atoms. The monoisotopic (exact) mass is 207 g/mol. The van der Waals surface area contributed by atoms with E-state index in [9.17, 15) is 9.90 Å². The Morgan fingerprint density at radius 2 is 2.20 bits per heavy atom. The smallest absolute Gasteiger partial charge is 0.250 e. The van der Waals surface area contributed by atoms with E-state index >= 15 is 0 Å². The van der Waals surface area contributed by atoms with E-state index in [1.807, 2.05) is 0 Å². The van der Waals surface area contributed by atoms with Crippen LogP contribution in [0.2, 0.25) is 0 Å². The lowest BCUT2D eigenvalue weighted by Crippen LogP contribution is -2.11. The second-order valence-corrected chi connectivity index (χ2v) is 3.12. The van der Waals surface area contributed by atoms with Crippen molar-refractivity contribution >= 4 is 11.6 Å². The van der Waals surface area contributed by atoms with Gasteiger partial charge in [0.1, 0.15) is 11.5 Å². The molecule has 4 heteroatoms. The van der Waals surface area contributed by atoms with Crippen LogP contribution in [-0.4, -0.2) is 18.1 Å². The Morgan fingerprint density at radius 3 is 2.73 bits per heavy atom. The van der Waals surface area contributed by atoms with Crippen LogP contribution in [0.25, 0.3) is 0 Å². The minimum Gasteiger partial charge on any atom is -0.506 e. The van der Waals surface area contributed by atoms with Gasteiger partial charge in [0.05, 0.1) is 12.8 Å². The van der Waals surface area contributed by atoms with E-state index in [0.717, 1.165) is 0 Å². The SMILES string of the molecule is C=C(C)C(=O)Nc1cc(OC)ccc1O. The summed E-state index contributed by atoms with van der Waals surface area (Å²) < 4.78 is 4.97. The van der Waals surface area contributed by atoms with Crippen molar-refractivity contribution in [3.8, 4) is 11.5 Å². The number of rotatable bonds is 3. The van der Waals surface area contributed by atoms with Crippen molar-refractivity contribution in [1.82, 2.24) is 0 Å². The Morgan fingerprint density at radius 1 is 1.53 bits per heavy atom. The first-order chi connectivity index (χ1) is 7.04. The Kier molecular flexibility index (Phi) is 3.33. The van der Waals surface area contributed by atoms with Crippen molar-refractivity contribution in [3.63, 3.8) is 0 Å². The van der Waals surface area contributed by atoms with Crippen LogP contribution in [0.5, 0.6) is 11.5 Å². The first-order valence-corrected chi connectivity index (χ1v) is 4.38. The molecular formula is C11H13NO3. The molecule has 0 saturated carbocycles. The average Bonchev–Trinajstić information content (AvgIpc) is 2.21. The lowest BCUT2D eigenvalue weighted by atomic mass is 10.2. The molecule has 0 radical (unpaired) electrons. The average molecular weight is 207 g/mol. The zero-order valence-corrected chi connectivity index (χ0v) is 8.70. The molecule has 15 heavy (non-hydrogen) atoms. The fourth-order valence-electron chi connectivity index (χ4n) is 0.971. The number of carbonyl (C=O) groups is 1. The summed E-state index contributed by atoms with van der Waals surface area (Å²) in [6.07, 6.45) is 0. The fourth-order valence-corrected chi connectivity index (χ4v) is 0.971. The summed E-state index contributed by atoms with van der Waals surface area (Å²) in [6.45, 7) is 5.09. The molecule has 1 aromatic carbocycles. The predicted molar refractivity (Wildman–Crippen MR) is 58.1 cm³/mol. The molecule has 1 rings (SSSR count). The van der Waals surface area contributed by atoms with Crippen LogP contribution < -0.4 is 10.1 Å². The molecule has 2 N–H and O–H groups in total. The largest absolute Gasteiger partial charge is 0.506 e. The van der Waals surface area contributed by atoms with Gasteiger partial charge in [-0.1, -0.05) is 6.58 Å². The summed E-state index contributed by atoms with van der Waals surface area (Å²) in [6, 6.07) is 4.59. The van der Waals surface area contributed by atoms with Crippen molar-refractivity contribution < 1.29 is 14.6 Å². The molecule has 1 amide bonds. The summed E-state index contributed by atoms with van der Waals surface area (Å²) in [4.78, 5) is 11.3. The van der Waals surface area contributed by atoms with Crippen LogP contribution >= 0.6 is 0 Å². The highest BCUT2D eigenvalue weighted by atomic mass is 16.5. The number of phenolic OH excluding ortho intramolecular Hbond substituents is 1. The molecule has 0 saturated heterocycles. The van der Waals surface area contributed by atoms with Crippen LogP contribution in [-0.2, 0) is 4.79 Å². The van der Waals surface area contributed by atoms with E-state index in [1.165, 1.54) is 19.2 Å². The molecule has 0 bridgehead atoms. The van der Waals surface area contributed by atoms with E-state index in [0.29, 0.717) is 17.0 Å². The van der Waals surface area contributed by atoms with Crippen molar-refractivity contribution in [1.29, 1.82) is 0 Å². The normalized spacial score (nSPS) is 9.47. The maximum Gasteiger partial charge on any atom is 0.250 e. The molecule has 0 aliphatic heterocycles. The molecule has 0 aliphatic rings. The predicted octanol–water partition coefficient (Wildman–Crippen LogP) is 1.92. The first-order valence-electron chi connectivity index (χ1n) is 4.38. The number of methoxy groups -OCH3 is 1. The minimum atomic E-state index is -0.335. The topological polar surface area (TPSA) is 58.6 Å². The van der Waals surface area contributed by atoms with Gasteiger partial charge in [0, 0.05) is 11.6 Å². The molecule has 0 unspecified atom stereocenters. The highest BCUT2D eigenvalue weighted by Crippen LogP contribution is 2.27. The second-order valence-electron chi connectivity index (χ2n) is 3.12. The minimum absolute atomic E-state index is 0.00889. The van der Waals surface area contributed by atoms with Gasteiger partial charge >= 0.3 is 0 Å². The van der Waals surface area contributed by atoms with Crippen LogP contribution in [0, 0.1) is 0 Å². The molecule has 0 fully saturated rings. The number of carbonyl (C=O) groups excluding carboxylic acids is 1. The Balaban J connectivity index is 2.93. The second kappa shape index (κ2) is 4.50.